The van der Waals surface area contributed by atoms with Crippen LogP contribution in [0.2, 0.25) is 0 Å². The Bertz CT molecular complexity index is 200. The first-order valence-electron chi connectivity index (χ1n) is 6.78. The van der Waals surface area contributed by atoms with Crippen molar-refractivity contribution in [3.63, 3.8) is 0 Å². The van der Waals surface area contributed by atoms with Gasteiger partial charge in [0.25, 0.3) is 0 Å². The molecule has 17 heavy (non-hydrogen) atoms. The van der Waals surface area contributed by atoms with E-state index in [0.717, 1.165) is 13.0 Å². The normalized spacial score (nSPS) is 27.4. The van der Waals surface area contributed by atoms with Gasteiger partial charge >= 0.3 is 0 Å². The molecule has 4 nitrogen and oxygen atoms in total. The van der Waals surface area contributed by atoms with Crippen molar-refractivity contribution >= 4 is 0 Å². The summed E-state index contributed by atoms with van der Waals surface area (Å²) < 4.78 is 0. The fraction of sp³-hybridized carbons (Fsp3) is 1.00. The fourth-order valence-electron chi connectivity index (χ4n) is 2.71. The van der Waals surface area contributed by atoms with E-state index >= 15 is 0 Å². The fourth-order valence-corrected chi connectivity index (χ4v) is 2.71. The zero-order valence-electron chi connectivity index (χ0n) is 11.2. The highest BCUT2D eigenvalue weighted by molar-refractivity contribution is 4.77. The number of hydrogen-bond acceptors (Lipinski definition) is 4. The Labute approximate surface area is 105 Å². The van der Waals surface area contributed by atoms with Crippen LogP contribution in [0.4, 0.5) is 0 Å². The summed E-state index contributed by atoms with van der Waals surface area (Å²) in [4.78, 5) is 1.99. The Morgan fingerprint density at radius 3 is 2.47 bits per heavy atom. The highest BCUT2D eigenvalue weighted by atomic mass is 16.3. The molecule has 1 fully saturated rings. The molecule has 0 heterocycles. The van der Waals surface area contributed by atoms with Crippen molar-refractivity contribution in [1.82, 2.24) is 10.2 Å². The second kappa shape index (κ2) is 8.03. The summed E-state index contributed by atoms with van der Waals surface area (Å²) in [6.45, 7) is 2.58. The third-order valence-electron chi connectivity index (χ3n) is 3.66. The Kier molecular flexibility index (Phi) is 7.04. The van der Waals surface area contributed by atoms with Gasteiger partial charge in [0, 0.05) is 19.7 Å². The number of aliphatic hydroxyl groups excluding tert-OH is 2. The molecule has 0 aliphatic heterocycles. The number of likely N-dealkylation sites (N-methyl/N-ethyl adjacent to an activating group) is 1. The summed E-state index contributed by atoms with van der Waals surface area (Å²) in [6.07, 6.45) is 4.60. The first-order valence-corrected chi connectivity index (χ1v) is 6.78. The monoisotopic (exact) mass is 244 g/mol. The maximum Gasteiger partial charge on any atom is 0.0791 e. The predicted molar refractivity (Wildman–Crippen MR) is 70.0 cm³/mol. The standard InChI is InChI=1S/C13H28N2O2/c1-15(2)9-13(17)8-14-7-11-5-3-4-6-12(11)10-16/h11-14,16-17H,3-10H2,1-2H3. The SMILES string of the molecule is CN(C)CC(O)CNCC1CCCCC1CO. The predicted octanol–water partition coefficient (Wildman–Crippen LogP) is 0.297. The van der Waals surface area contributed by atoms with Crippen molar-refractivity contribution in [2.24, 2.45) is 11.8 Å². The lowest BCUT2D eigenvalue weighted by Gasteiger charge is -2.30. The highest BCUT2D eigenvalue weighted by Gasteiger charge is 2.24. The molecule has 0 radical (unpaired) electrons. The number of hydrogen-bond donors (Lipinski definition) is 3. The molecule has 0 bridgehead atoms. The Balaban J connectivity index is 2.16. The van der Waals surface area contributed by atoms with Crippen molar-refractivity contribution in [1.29, 1.82) is 0 Å². The minimum Gasteiger partial charge on any atom is -0.396 e. The smallest absolute Gasteiger partial charge is 0.0791 e. The van der Waals surface area contributed by atoms with Crippen LogP contribution in [0.3, 0.4) is 0 Å². The lowest BCUT2D eigenvalue weighted by atomic mass is 9.79. The van der Waals surface area contributed by atoms with Crippen LogP contribution >= 0.6 is 0 Å². The Morgan fingerprint density at radius 2 is 1.88 bits per heavy atom. The van der Waals surface area contributed by atoms with Gasteiger partial charge in [-0.25, -0.2) is 0 Å². The third kappa shape index (κ3) is 5.82. The first kappa shape index (κ1) is 14.9. The van der Waals surface area contributed by atoms with Gasteiger partial charge < -0.3 is 20.4 Å². The Hall–Kier alpha value is -0.160. The van der Waals surface area contributed by atoms with Crippen molar-refractivity contribution in [3.8, 4) is 0 Å². The van der Waals surface area contributed by atoms with Crippen LogP contribution in [0.1, 0.15) is 25.7 Å². The molecule has 1 aliphatic carbocycles. The molecule has 0 spiro atoms. The molecular weight excluding hydrogens is 216 g/mol. The molecule has 0 aromatic carbocycles. The van der Waals surface area contributed by atoms with Crippen LogP contribution in [-0.4, -0.2) is 61.6 Å². The summed E-state index contributed by atoms with van der Waals surface area (Å²) in [5, 5.41) is 22.4. The van der Waals surface area contributed by atoms with E-state index in [0.29, 0.717) is 31.5 Å². The van der Waals surface area contributed by atoms with E-state index in [9.17, 15) is 10.2 Å². The quantitative estimate of drug-likeness (QED) is 0.603. The molecule has 3 unspecified atom stereocenters. The van der Waals surface area contributed by atoms with Gasteiger partial charge in [-0.05, 0) is 45.3 Å². The van der Waals surface area contributed by atoms with Crippen LogP contribution < -0.4 is 5.32 Å². The largest absolute Gasteiger partial charge is 0.396 e. The molecule has 1 saturated carbocycles. The molecule has 1 aliphatic rings. The van der Waals surface area contributed by atoms with E-state index in [1.807, 2.05) is 19.0 Å². The molecule has 1 rings (SSSR count). The van der Waals surface area contributed by atoms with Crippen molar-refractivity contribution in [3.05, 3.63) is 0 Å². The van der Waals surface area contributed by atoms with Gasteiger partial charge in [0.15, 0.2) is 0 Å². The molecule has 0 amide bonds. The molecule has 0 aromatic heterocycles. The molecule has 0 aromatic rings. The van der Waals surface area contributed by atoms with Gasteiger partial charge in [-0.1, -0.05) is 12.8 Å². The molecule has 0 saturated heterocycles. The molecule has 4 heteroatoms. The third-order valence-corrected chi connectivity index (χ3v) is 3.66. The average Bonchev–Trinajstić information content (AvgIpc) is 2.28. The van der Waals surface area contributed by atoms with Gasteiger partial charge in [0.2, 0.25) is 0 Å². The van der Waals surface area contributed by atoms with E-state index in [2.05, 4.69) is 5.32 Å². The summed E-state index contributed by atoms with van der Waals surface area (Å²) in [5.74, 6) is 1.04. The molecule has 102 valence electrons. The number of nitrogens with one attached hydrogen (secondary N) is 1. The van der Waals surface area contributed by atoms with Gasteiger partial charge in [-0.3, -0.25) is 0 Å². The van der Waals surface area contributed by atoms with Crippen LogP contribution in [0.5, 0.6) is 0 Å². The molecule has 3 N–H and O–H groups in total. The summed E-state index contributed by atoms with van der Waals surface area (Å²) in [6, 6.07) is 0. The summed E-state index contributed by atoms with van der Waals surface area (Å²) in [7, 11) is 3.93. The lowest BCUT2D eigenvalue weighted by molar-refractivity contribution is 0.115. The molecular formula is C13H28N2O2. The minimum atomic E-state index is -0.304. The van der Waals surface area contributed by atoms with Gasteiger partial charge in [-0.2, -0.15) is 0 Å². The number of nitrogens with zero attached hydrogens (tertiary/aromatic N) is 1. The van der Waals surface area contributed by atoms with Crippen LogP contribution in [0.25, 0.3) is 0 Å². The van der Waals surface area contributed by atoms with Crippen LogP contribution in [0, 0.1) is 11.8 Å². The first-order chi connectivity index (χ1) is 8.13. The van der Waals surface area contributed by atoms with Crippen molar-refractivity contribution in [2.45, 2.75) is 31.8 Å². The van der Waals surface area contributed by atoms with Crippen molar-refractivity contribution < 1.29 is 10.2 Å². The number of aliphatic hydroxyl groups is 2. The van der Waals surface area contributed by atoms with Gasteiger partial charge in [-0.15, -0.1) is 0 Å². The lowest BCUT2D eigenvalue weighted by Crippen LogP contribution is -2.39. The minimum absolute atomic E-state index is 0.304. The van der Waals surface area contributed by atoms with Crippen LogP contribution in [-0.2, 0) is 0 Å². The number of rotatable bonds is 7. The maximum absolute atomic E-state index is 9.72. The topological polar surface area (TPSA) is 55.7 Å². The molecule has 3 atom stereocenters. The zero-order valence-corrected chi connectivity index (χ0v) is 11.2. The van der Waals surface area contributed by atoms with Crippen LogP contribution in [0.15, 0.2) is 0 Å². The van der Waals surface area contributed by atoms with E-state index in [4.69, 9.17) is 0 Å². The van der Waals surface area contributed by atoms with E-state index < -0.39 is 0 Å². The second-order valence-electron chi connectivity index (χ2n) is 5.56. The maximum atomic E-state index is 9.72. The summed E-state index contributed by atoms with van der Waals surface area (Å²) >= 11 is 0. The van der Waals surface area contributed by atoms with Gasteiger partial charge in [0.05, 0.1) is 6.10 Å². The van der Waals surface area contributed by atoms with Crippen molar-refractivity contribution in [2.75, 3.05) is 40.3 Å². The van der Waals surface area contributed by atoms with E-state index in [1.54, 1.807) is 0 Å². The van der Waals surface area contributed by atoms with E-state index in [-0.39, 0.29) is 6.10 Å². The average molecular weight is 244 g/mol. The zero-order chi connectivity index (χ0) is 12.7. The van der Waals surface area contributed by atoms with E-state index in [1.165, 1.54) is 19.3 Å². The Morgan fingerprint density at radius 1 is 1.24 bits per heavy atom. The highest BCUT2D eigenvalue weighted by Crippen LogP contribution is 2.28. The second-order valence-corrected chi connectivity index (χ2v) is 5.56. The van der Waals surface area contributed by atoms with Gasteiger partial charge in [0.1, 0.15) is 0 Å². The summed E-state index contributed by atoms with van der Waals surface area (Å²) in [5.41, 5.74) is 0.